The van der Waals surface area contributed by atoms with Gasteiger partial charge in [-0.05, 0) is 32.9 Å². The summed E-state index contributed by atoms with van der Waals surface area (Å²) in [5, 5.41) is 4.60. The van der Waals surface area contributed by atoms with Crippen molar-refractivity contribution in [2.45, 2.75) is 20.8 Å². The number of carbonyl (C=O) groups excluding carboxylic acids is 2. The lowest BCUT2D eigenvalue weighted by molar-refractivity contribution is 0.0473. The first-order chi connectivity index (χ1) is 13.6. The van der Waals surface area contributed by atoms with Crippen molar-refractivity contribution in [3.63, 3.8) is 0 Å². The second-order valence-corrected chi connectivity index (χ2v) is 6.13. The molecule has 0 fully saturated rings. The Morgan fingerprint density at radius 2 is 1.50 bits per heavy atom. The number of aromatic nitrogens is 2. The summed E-state index contributed by atoms with van der Waals surface area (Å²) in [6.45, 7) is 5.77. The lowest BCUT2D eigenvalue weighted by atomic mass is 10.0. The van der Waals surface area contributed by atoms with Crippen LogP contribution in [0.1, 0.15) is 40.3 Å². The fraction of sp³-hybridized carbons (Fsp3) is 0.227. The Balaban J connectivity index is 2.30. The van der Waals surface area contributed by atoms with Gasteiger partial charge in [0, 0.05) is 5.56 Å². The standard InChI is InChI=1S/C22H22N2O4/c1-4-27-21(25)18-19(16-13-11-15(3)12-14-16)23-24(17-9-7-6-8-10-17)20(18)22(26)28-5-2/h6-14H,4-5H2,1-3H3. The first kappa shape index (κ1) is 19.4. The predicted octanol–water partition coefficient (Wildman–Crippen LogP) is 4.20. The van der Waals surface area contributed by atoms with E-state index in [1.165, 1.54) is 4.68 Å². The van der Waals surface area contributed by atoms with Crippen molar-refractivity contribution in [3.05, 3.63) is 71.4 Å². The Morgan fingerprint density at radius 3 is 2.11 bits per heavy atom. The molecule has 0 aliphatic rings. The molecular weight excluding hydrogens is 356 g/mol. The second kappa shape index (κ2) is 8.52. The van der Waals surface area contributed by atoms with Gasteiger partial charge in [-0.15, -0.1) is 0 Å². The third-order valence-corrected chi connectivity index (χ3v) is 4.16. The minimum absolute atomic E-state index is 0.0575. The number of para-hydroxylation sites is 1. The van der Waals surface area contributed by atoms with E-state index in [1.807, 2.05) is 61.5 Å². The van der Waals surface area contributed by atoms with Crippen LogP contribution in [0.2, 0.25) is 0 Å². The maximum atomic E-state index is 12.8. The Morgan fingerprint density at radius 1 is 0.893 bits per heavy atom. The molecule has 0 bridgehead atoms. The van der Waals surface area contributed by atoms with Crippen LogP contribution in [0.25, 0.3) is 16.9 Å². The zero-order valence-electron chi connectivity index (χ0n) is 16.1. The third kappa shape index (κ3) is 3.81. The minimum atomic E-state index is -0.625. The van der Waals surface area contributed by atoms with Crippen LogP contribution in [-0.4, -0.2) is 34.9 Å². The lowest BCUT2D eigenvalue weighted by Gasteiger charge is -2.08. The normalized spacial score (nSPS) is 10.5. The average Bonchev–Trinajstić information content (AvgIpc) is 3.10. The second-order valence-electron chi connectivity index (χ2n) is 6.13. The van der Waals surface area contributed by atoms with Gasteiger partial charge in [0.15, 0.2) is 5.69 Å². The van der Waals surface area contributed by atoms with Crippen molar-refractivity contribution in [2.24, 2.45) is 0 Å². The molecule has 0 unspecified atom stereocenters. The summed E-state index contributed by atoms with van der Waals surface area (Å²) in [6, 6.07) is 16.7. The van der Waals surface area contributed by atoms with E-state index in [0.29, 0.717) is 16.9 Å². The number of benzene rings is 2. The van der Waals surface area contributed by atoms with Crippen LogP contribution in [0.5, 0.6) is 0 Å². The highest BCUT2D eigenvalue weighted by atomic mass is 16.5. The molecule has 0 saturated carbocycles. The van der Waals surface area contributed by atoms with Crippen LogP contribution in [-0.2, 0) is 9.47 Å². The summed E-state index contributed by atoms with van der Waals surface area (Å²) < 4.78 is 11.9. The van der Waals surface area contributed by atoms with Gasteiger partial charge in [-0.3, -0.25) is 0 Å². The average molecular weight is 378 g/mol. The Kier molecular flexibility index (Phi) is 5.89. The molecule has 0 atom stereocenters. The van der Waals surface area contributed by atoms with Crippen LogP contribution in [0.4, 0.5) is 0 Å². The zero-order valence-corrected chi connectivity index (χ0v) is 16.1. The van der Waals surface area contributed by atoms with Gasteiger partial charge < -0.3 is 9.47 Å². The molecule has 0 spiro atoms. The molecule has 2 aromatic carbocycles. The van der Waals surface area contributed by atoms with E-state index in [2.05, 4.69) is 5.10 Å². The van der Waals surface area contributed by atoms with Crippen molar-refractivity contribution in [2.75, 3.05) is 13.2 Å². The Labute approximate surface area is 163 Å². The number of hydrogen-bond donors (Lipinski definition) is 0. The molecule has 0 aliphatic heterocycles. The highest BCUT2D eigenvalue weighted by Crippen LogP contribution is 2.29. The maximum absolute atomic E-state index is 12.8. The monoisotopic (exact) mass is 378 g/mol. The van der Waals surface area contributed by atoms with Crippen LogP contribution in [0.15, 0.2) is 54.6 Å². The molecule has 0 amide bonds. The number of rotatable bonds is 6. The van der Waals surface area contributed by atoms with Crippen LogP contribution in [0, 0.1) is 6.92 Å². The minimum Gasteiger partial charge on any atom is -0.462 e. The summed E-state index contributed by atoms with van der Waals surface area (Å²) in [7, 11) is 0. The summed E-state index contributed by atoms with van der Waals surface area (Å²) in [6.07, 6.45) is 0. The Bertz CT molecular complexity index is 976. The van der Waals surface area contributed by atoms with Crippen molar-refractivity contribution >= 4 is 11.9 Å². The third-order valence-electron chi connectivity index (χ3n) is 4.16. The van der Waals surface area contributed by atoms with Gasteiger partial charge in [0.2, 0.25) is 0 Å². The van der Waals surface area contributed by atoms with Gasteiger partial charge in [0.1, 0.15) is 11.3 Å². The largest absolute Gasteiger partial charge is 0.462 e. The van der Waals surface area contributed by atoms with Crippen LogP contribution < -0.4 is 0 Å². The van der Waals surface area contributed by atoms with Gasteiger partial charge in [0.25, 0.3) is 0 Å². The summed E-state index contributed by atoms with van der Waals surface area (Å²) in [5.41, 5.74) is 2.98. The van der Waals surface area contributed by atoms with Gasteiger partial charge in [-0.1, -0.05) is 48.0 Å². The number of carbonyl (C=O) groups is 2. The fourth-order valence-electron chi connectivity index (χ4n) is 2.87. The molecule has 6 heteroatoms. The van der Waals surface area contributed by atoms with Gasteiger partial charge in [-0.2, -0.15) is 5.10 Å². The smallest absolute Gasteiger partial charge is 0.357 e. The van der Waals surface area contributed by atoms with E-state index in [0.717, 1.165) is 5.56 Å². The highest BCUT2D eigenvalue weighted by Gasteiger charge is 2.31. The number of aryl methyl sites for hydroxylation is 1. The van der Waals surface area contributed by atoms with E-state index in [4.69, 9.17) is 9.47 Å². The zero-order chi connectivity index (χ0) is 20.1. The Hall–Kier alpha value is -3.41. The van der Waals surface area contributed by atoms with Gasteiger partial charge in [-0.25, -0.2) is 14.3 Å². The quantitative estimate of drug-likeness (QED) is 0.601. The number of ether oxygens (including phenoxy) is 2. The molecule has 6 nitrogen and oxygen atoms in total. The molecule has 1 aromatic heterocycles. The predicted molar refractivity (Wildman–Crippen MR) is 106 cm³/mol. The maximum Gasteiger partial charge on any atom is 0.357 e. The molecular formula is C22H22N2O4. The van der Waals surface area contributed by atoms with Crippen LogP contribution >= 0.6 is 0 Å². The summed E-state index contributed by atoms with van der Waals surface area (Å²) in [5.74, 6) is -1.23. The van der Waals surface area contributed by atoms with E-state index in [1.54, 1.807) is 13.8 Å². The highest BCUT2D eigenvalue weighted by molar-refractivity contribution is 6.06. The molecule has 0 aliphatic carbocycles. The summed E-state index contributed by atoms with van der Waals surface area (Å²) >= 11 is 0. The fourth-order valence-corrected chi connectivity index (χ4v) is 2.87. The topological polar surface area (TPSA) is 70.4 Å². The van der Waals surface area contributed by atoms with E-state index < -0.39 is 11.9 Å². The van der Waals surface area contributed by atoms with E-state index >= 15 is 0 Å². The first-order valence-corrected chi connectivity index (χ1v) is 9.16. The van der Waals surface area contributed by atoms with Crippen molar-refractivity contribution < 1.29 is 19.1 Å². The molecule has 0 N–H and O–H groups in total. The van der Waals surface area contributed by atoms with Gasteiger partial charge >= 0.3 is 11.9 Å². The first-order valence-electron chi connectivity index (χ1n) is 9.16. The van der Waals surface area contributed by atoms with E-state index in [9.17, 15) is 9.59 Å². The molecule has 3 rings (SSSR count). The molecule has 0 saturated heterocycles. The van der Waals surface area contributed by atoms with Crippen LogP contribution in [0.3, 0.4) is 0 Å². The number of esters is 2. The number of hydrogen-bond acceptors (Lipinski definition) is 5. The molecule has 3 aromatic rings. The van der Waals surface area contributed by atoms with Crippen molar-refractivity contribution in [1.29, 1.82) is 0 Å². The lowest BCUT2D eigenvalue weighted by Crippen LogP contribution is -2.17. The summed E-state index contributed by atoms with van der Waals surface area (Å²) in [4.78, 5) is 25.6. The molecule has 144 valence electrons. The SMILES string of the molecule is CCOC(=O)c1c(-c2ccc(C)cc2)nn(-c2ccccc2)c1C(=O)OCC. The molecule has 28 heavy (non-hydrogen) atoms. The molecule has 0 radical (unpaired) electrons. The van der Waals surface area contributed by atoms with E-state index in [-0.39, 0.29) is 24.5 Å². The van der Waals surface area contributed by atoms with Gasteiger partial charge in [0.05, 0.1) is 18.9 Å². The van der Waals surface area contributed by atoms with Crippen molar-refractivity contribution in [3.8, 4) is 16.9 Å². The molecule has 1 heterocycles. The van der Waals surface area contributed by atoms with Crippen molar-refractivity contribution in [1.82, 2.24) is 9.78 Å². The number of nitrogens with zero attached hydrogens (tertiary/aromatic N) is 2.